The highest BCUT2D eigenvalue weighted by Gasteiger charge is 2.06. The van der Waals surface area contributed by atoms with Crippen molar-refractivity contribution in [1.82, 2.24) is 9.55 Å². The molecule has 3 nitrogen and oxygen atoms in total. The minimum atomic E-state index is -0.377. The van der Waals surface area contributed by atoms with Crippen molar-refractivity contribution < 1.29 is 4.39 Å². The highest BCUT2D eigenvalue weighted by molar-refractivity contribution is 6.32. The van der Waals surface area contributed by atoms with Gasteiger partial charge in [0.25, 0.3) is 0 Å². The molecule has 0 saturated carbocycles. The van der Waals surface area contributed by atoms with E-state index >= 15 is 0 Å². The Morgan fingerprint density at radius 2 is 2.21 bits per heavy atom. The molecule has 0 aliphatic rings. The summed E-state index contributed by atoms with van der Waals surface area (Å²) in [7, 11) is 0. The molecule has 0 radical (unpaired) electrons. The number of halogens is 2. The van der Waals surface area contributed by atoms with Gasteiger partial charge in [-0.3, -0.25) is 4.57 Å². The molecule has 2 rings (SSSR count). The van der Waals surface area contributed by atoms with Crippen LogP contribution in [0.1, 0.15) is 0 Å². The number of nitrogen functional groups attached to an aromatic ring is 1. The molecule has 14 heavy (non-hydrogen) atoms. The van der Waals surface area contributed by atoms with Crippen molar-refractivity contribution >= 4 is 17.5 Å². The summed E-state index contributed by atoms with van der Waals surface area (Å²) >= 11 is 5.85. The molecule has 0 unspecified atom stereocenters. The van der Waals surface area contributed by atoms with Gasteiger partial charge >= 0.3 is 0 Å². The molecular formula is C9H7ClFN3. The summed E-state index contributed by atoms with van der Waals surface area (Å²) < 4.78 is 14.3. The first-order chi connectivity index (χ1) is 6.68. The van der Waals surface area contributed by atoms with Gasteiger partial charge in [-0.2, -0.15) is 0 Å². The van der Waals surface area contributed by atoms with Gasteiger partial charge in [0.1, 0.15) is 5.82 Å². The number of nitrogens with zero attached hydrogens (tertiary/aromatic N) is 2. The normalized spacial score (nSPS) is 10.4. The van der Waals surface area contributed by atoms with Crippen LogP contribution < -0.4 is 5.73 Å². The number of rotatable bonds is 1. The first-order valence-electron chi connectivity index (χ1n) is 3.93. The van der Waals surface area contributed by atoms with Crippen molar-refractivity contribution in [1.29, 1.82) is 0 Å². The maximum atomic E-state index is 12.7. The number of imidazole rings is 1. The van der Waals surface area contributed by atoms with Crippen LogP contribution in [0.25, 0.3) is 5.69 Å². The molecule has 1 aromatic carbocycles. The van der Waals surface area contributed by atoms with Crippen molar-refractivity contribution in [2.24, 2.45) is 0 Å². The van der Waals surface area contributed by atoms with Crippen LogP contribution in [0.5, 0.6) is 0 Å². The van der Waals surface area contributed by atoms with E-state index in [1.165, 1.54) is 12.1 Å². The predicted octanol–water partition coefficient (Wildman–Crippen LogP) is 2.25. The van der Waals surface area contributed by atoms with Gasteiger partial charge in [-0.25, -0.2) is 9.37 Å². The van der Waals surface area contributed by atoms with Crippen LogP contribution >= 0.6 is 11.6 Å². The highest BCUT2D eigenvalue weighted by atomic mass is 35.5. The third-order valence-corrected chi connectivity index (χ3v) is 2.14. The average Bonchev–Trinajstić information content (AvgIpc) is 2.52. The van der Waals surface area contributed by atoms with Crippen LogP contribution in [0.4, 0.5) is 10.3 Å². The predicted molar refractivity (Wildman–Crippen MR) is 52.9 cm³/mol. The zero-order chi connectivity index (χ0) is 10.1. The smallest absolute Gasteiger partial charge is 0.204 e. The van der Waals surface area contributed by atoms with Gasteiger partial charge in [-0.05, 0) is 18.2 Å². The molecule has 0 bridgehead atoms. The van der Waals surface area contributed by atoms with Crippen molar-refractivity contribution in [2.75, 3.05) is 5.73 Å². The molecule has 0 spiro atoms. The molecule has 0 saturated heterocycles. The summed E-state index contributed by atoms with van der Waals surface area (Å²) in [5.41, 5.74) is 6.19. The van der Waals surface area contributed by atoms with Crippen molar-refractivity contribution in [3.05, 3.63) is 41.4 Å². The van der Waals surface area contributed by atoms with E-state index in [1.807, 2.05) is 0 Å². The Bertz CT molecular complexity index is 467. The monoisotopic (exact) mass is 211 g/mol. The quantitative estimate of drug-likeness (QED) is 0.786. The molecule has 0 fully saturated rings. The molecule has 0 amide bonds. The fourth-order valence-electron chi connectivity index (χ4n) is 1.20. The first-order valence-corrected chi connectivity index (χ1v) is 4.30. The van der Waals surface area contributed by atoms with Crippen LogP contribution in [0.3, 0.4) is 0 Å². The Morgan fingerprint density at radius 3 is 2.79 bits per heavy atom. The Kier molecular flexibility index (Phi) is 2.13. The molecule has 0 atom stereocenters. The lowest BCUT2D eigenvalue weighted by molar-refractivity contribution is 0.627. The summed E-state index contributed by atoms with van der Waals surface area (Å²) in [5, 5.41) is 0.301. The van der Waals surface area contributed by atoms with Gasteiger partial charge in [0.05, 0.1) is 10.7 Å². The van der Waals surface area contributed by atoms with E-state index in [9.17, 15) is 4.39 Å². The minimum absolute atomic E-state index is 0.301. The van der Waals surface area contributed by atoms with Gasteiger partial charge in [0.15, 0.2) is 0 Å². The number of nitrogens with two attached hydrogens (primary N) is 1. The number of benzene rings is 1. The lowest BCUT2D eigenvalue weighted by Gasteiger charge is -2.06. The summed E-state index contributed by atoms with van der Waals surface area (Å²) in [6.07, 6.45) is 3.21. The van der Waals surface area contributed by atoms with Crippen LogP contribution in [0, 0.1) is 5.82 Å². The second-order valence-electron chi connectivity index (χ2n) is 2.75. The largest absolute Gasteiger partial charge is 0.369 e. The lowest BCUT2D eigenvalue weighted by atomic mass is 10.3. The average molecular weight is 212 g/mol. The van der Waals surface area contributed by atoms with Crippen molar-refractivity contribution in [3.8, 4) is 5.69 Å². The zero-order valence-electron chi connectivity index (χ0n) is 7.11. The van der Waals surface area contributed by atoms with Gasteiger partial charge in [0, 0.05) is 12.4 Å². The Balaban J connectivity index is 2.58. The summed E-state index contributed by atoms with van der Waals surface area (Å²) in [6.45, 7) is 0. The molecule has 72 valence electrons. The summed E-state index contributed by atoms with van der Waals surface area (Å²) in [4.78, 5) is 3.84. The maximum Gasteiger partial charge on any atom is 0.204 e. The molecule has 2 aromatic rings. The molecule has 5 heteroatoms. The Labute approximate surface area is 84.9 Å². The maximum absolute atomic E-state index is 12.7. The second-order valence-corrected chi connectivity index (χ2v) is 3.16. The van der Waals surface area contributed by atoms with E-state index < -0.39 is 0 Å². The molecule has 0 aliphatic heterocycles. The molecule has 2 N–H and O–H groups in total. The van der Waals surface area contributed by atoms with E-state index in [4.69, 9.17) is 17.3 Å². The van der Waals surface area contributed by atoms with E-state index in [0.29, 0.717) is 16.7 Å². The standard InChI is InChI=1S/C9H7ClFN3/c10-7-5-6(11)1-2-8(7)14-4-3-13-9(14)12/h1-5H,(H2,12,13). The molecule has 0 aliphatic carbocycles. The fraction of sp³-hybridized carbons (Fsp3) is 0. The Morgan fingerprint density at radius 1 is 1.43 bits per heavy atom. The van der Waals surface area contributed by atoms with E-state index in [0.717, 1.165) is 0 Å². The number of hydrogen-bond acceptors (Lipinski definition) is 2. The van der Waals surface area contributed by atoms with E-state index in [2.05, 4.69) is 4.98 Å². The third-order valence-electron chi connectivity index (χ3n) is 1.84. The molecule has 1 heterocycles. The number of hydrogen-bond donors (Lipinski definition) is 1. The van der Waals surface area contributed by atoms with Crippen LogP contribution in [-0.2, 0) is 0 Å². The first kappa shape index (κ1) is 9.02. The van der Waals surface area contributed by atoms with Gasteiger partial charge in [-0.15, -0.1) is 0 Å². The van der Waals surface area contributed by atoms with E-state index in [1.54, 1.807) is 23.0 Å². The van der Waals surface area contributed by atoms with E-state index in [-0.39, 0.29) is 5.82 Å². The summed E-state index contributed by atoms with van der Waals surface area (Å²) in [5.74, 6) is -0.0593. The number of anilines is 1. The second kappa shape index (κ2) is 3.31. The van der Waals surface area contributed by atoms with Crippen LogP contribution in [0.2, 0.25) is 5.02 Å². The topological polar surface area (TPSA) is 43.8 Å². The van der Waals surface area contributed by atoms with Crippen molar-refractivity contribution in [2.45, 2.75) is 0 Å². The van der Waals surface area contributed by atoms with Crippen molar-refractivity contribution in [3.63, 3.8) is 0 Å². The van der Waals surface area contributed by atoms with Gasteiger partial charge < -0.3 is 5.73 Å². The fourth-order valence-corrected chi connectivity index (χ4v) is 1.45. The van der Waals surface area contributed by atoms with Gasteiger partial charge in [-0.1, -0.05) is 11.6 Å². The molecule has 1 aromatic heterocycles. The number of aromatic nitrogens is 2. The van der Waals surface area contributed by atoms with Crippen LogP contribution in [-0.4, -0.2) is 9.55 Å². The van der Waals surface area contributed by atoms with Gasteiger partial charge in [0.2, 0.25) is 5.95 Å². The molecular weight excluding hydrogens is 205 g/mol. The third kappa shape index (κ3) is 1.44. The highest BCUT2D eigenvalue weighted by Crippen LogP contribution is 2.22. The summed E-state index contributed by atoms with van der Waals surface area (Å²) in [6, 6.07) is 4.10. The zero-order valence-corrected chi connectivity index (χ0v) is 7.87. The lowest BCUT2D eigenvalue weighted by Crippen LogP contribution is -2.00. The SMILES string of the molecule is Nc1nccn1-c1ccc(F)cc1Cl. The minimum Gasteiger partial charge on any atom is -0.369 e. The van der Waals surface area contributed by atoms with Crippen LogP contribution in [0.15, 0.2) is 30.6 Å². The Hall–Kier alpha value is -1.55.